The average Bonchev–Trinajstić information content (AvgIpc) is 3.04. The Kier molecular flexibility index (Phi) is 3.93. The molecule has 5 heteroatoms. The lowest BCUT2D eigenvalue weighted by atomic mass is 10.4. The van der Waals surface area contributed by atoms with Crippen molar-refractivity contribution in [3.8, 4) is 0 Å². The summed E-state index contributed by atoms with van der Waals surface area (Å²) in [6, 6.07) is 2.63. The van der Waals surface area contributed by atoms with Crippen LogP contribution in [0.2, 0.25) is 0 Å². The van der Waals surface area contributed by atoms with Crippen molar-refractivity contribution >= 4 is 0 Å². The summed E-state index contributed by atoms with van der Waals surface area (Å²) in [5.74, 6) is 0.745. The zero-order valence-corrected chi connectivity index (χ0v) is 9.69. The molecule has 1 saturated carbocycles. The molecule has 1 aliphatic rings. The van der Waals surface area contributed by atoms with E-state index in [9.17, 15) is 0 Å². The van der Waals surface area contributed by atoms with Crippen molar-refractivity contribution < 1.29 is 9.26 Å². The van der Waals surface area contributed by atoms with E-state index in [0.717, 1.165) is 30.6 Å². The topological polar surface area (TPSA) is 64.5 Å². The van der Waals surface area contributed by atoms with E-state index in [0.29, 0.717) is 13.2 Å². The van der Waals surface area contributed by atoms with E-state index in [2.05, 4.69) is 17.1 Å². The third-order valence-electron chi connectivity index (χ3n) is 2.82. The van der Waals surface area contributed by atoms with Crippen LogP contribution in [0.4, 0.5) is 0 Å². The number of rotatable bonds is 7. The molecular formula is C11H19N3O2. The first kappa shape index (κ1) is 11.6. The molecule has 16 heavy (non-hydrogen) atoms. The molecule has 0 radical (unpaired) electrons. The van der Waals surface area contributed by atoms with Gasteiger partial charge in [0.15, 0.2) is 5.76 Å². The van der Waals surface area contributed by atoms with Gasteiger partial charge in [0.05, 0.1) is 12.3 Å². The Bertz CT molecular complexity index is 323. The van der Waals surface area contributed by atoms with Crippen molar-refractivity contribution in [3.05, 3.63) is 17.5 Å². The van der Waals surface area contributed by atoms with Gasteiger partial charge in [-0.3, -0.25) is 0 Å². The van der Waals surface area contributed by atoms with Crippen LogP contribution in [-0.4, -0.2) is 36.3 Å². The zero-order valence-electron chi connectivity index (χ0n) is 9.69. The highest BCUT2D eigenvalue weighted by atomic mass is 16.5. The molecule has 1 aliphatic carbocycles. The fraction of sp³-hybridized carbons (Fsp3) is 0.727. The highest BCUT2D eigenvalue weighted by Gasteiger charge is 2.25. The summed E-state index contributed by atoms with van der Waals surface area (Å²) in [5.41, 5.74) is 6.20. The average molecular weight is 225 g/mol. The summed E-state index contributed by atoms with van der Waals surface area (Å²) in [6.45, 7) is 2.59. The molecule has 0 aromatic carbocycles. The molecule has 0 aliphatic heterocycles. The minimum atomic E-state index is 0.411. The van der Waals surface area contributed by atoms with Crippen molar-refractivity contribution in [2.45, 2.75) is 32.0 Å². The number of ether oxygens (including phenoxy) is 1. The largest absolute Gasteiger partial charge is 0.372 e. The normalized spacial score (nSPS) is 15.9. The summed E-state index contributed by atoms with van der Waals surface area (Å²) in [7, 11) is 2.14. The van der Waals surface area contributed by atoms with Crippen LogP contribution >= 0.6 is 0 Å². The number of nitrogens with two attached hydrogens (primary N) is 1. The van der Waals surface area contributed by atoms with Crippen LogP contribution in [0.5, 0.6) is 0 Å². The van der Waals surface area contributed by atoms with E-state index in [4.69, 9.17) is 15.0 Å². The van der Waals surface area contributed by atoms with Gasteiger partial charge >= 0.3 is 0 Å². The van der Waals surface area contributed by atoms with Crippen LogP contribution in [-0.2, 0) is 17.9 Å². The minimum absolute atomic E-state index is 0.411. The van der Waals surface area contributed by atoms with Crippen LogP contribution in [0.15, 0.2) is 10.6 Å². The lowest BCUT2D eigenvalue weighted by Gasteiger charge is -2.14. The summed E-state index contributed by atoms with van der Waals surface area (Å²) in [5, 5.41) is 3.80. The molecular weight excluding hydrogens is 206 g/mol. The Balaban J connectivity index is 1.60. The monoisotopic (exact) mass is 225 g/mol. The first-order chi connectivity index (χ1) is 7.79. The van der Waals surface area contributed by atoms with Gasteiger partial charge in [-0.2, -0.15) is 0 Å². The number of nitrogens with zero attached hydrogens (tertiary/aromatic N) is 2. The van der Waals surface area contributed by atoms with Crippen LogP contribution in [0.3, 0.4) is 0 Å². The van der Waals surface area contributed by atoms with Crippen LogP contribution < -0.4 is 5.73 Å². The second-order valence-electron chi connectivity index (χ2n) is 4.25. The SMILES string of the molecule is CN(CCOCc1cc(CN)no1)C1CC1. The summed E-state index contributed by atoms with van der Waals surface area (Å²) < 4.78 is 10.6. The zero-order chi connectivity index (χ0) is 11.4. The van der Waals surface area contributed by atoms with E-state index in [-0.39, 0.29) is 0 Å². The lowest BCUT2D eigenvalue weighted by Crippen LogP contribution is -2.25. The molecule has 0 spiro atoms. The number of hydrogen-bond acceptors (Lipinski definition) is 5. The van der Waals surface area contributed by atoms with Crippen molar-refractivity contribution in [2.75, 3.05) is 20.2 Å². The predicted octanol–water partition coefficient (Wildman–Crippen LogP) is 0.744. The van der Waals surface area contributed by atoms with E-state index in [1.54, 1.807) is 0 Å². The van der Waals surface area contributed by atoms with Crippen LogP contribution in [0, 0.1) is 0 Å². The van der Waals surface area contributed by atoms with Gasteiger partial charge < -0.3 is 19.9 Å². The molecule has 2 N–H and O–H groups in total. The van der Waals surface area contributed by atoms with Crippen molar-refractivity contribution in [3.63, 3.8) is 0 Å². The number of likely N-dealkylation sites (N-methyl/N-ethyl adjacent to an activating group) is 1. The highest BCUT2D eigenvalue weighted by Crippen LogP contribution is 2.24. The first-order valence-electron chi connectivity index (χ1n) is 5.72. The maximum Gasteiger partial charge on any atom is 0.162 e. The molecule has 0 bridgehead atoms. The van der Waals surface area contributed by atoms with Gasteiger partial charge in [-0.05, 0) is 19.9 Å². The van der Waals surface area contributed by atoms with Gasteiger partial charge in [0, 0.05) is 25.2 Å². The molecule has 1 aromatic heterocycles. The molecule has 5 nitrogen and oxygen atoms in total. The van der Waals surface area contributed by atoms with Gasteiger partial charge in [-0.15, -0.1) is 0 Å². The fourth-order valence-electron chi connectivity index (χ4n) is 1.60. The van der Waals surface area contributed by atoms with E-state index in [1.807, 2.05) is 6.07 Å². The smallest absolute Gasteiger partial charge is 0.162 e. The summed E-state index contributed by atoms with van der Waals surface area (Å²) in [4.78, 5) is 2.34. The minimum Gasteiger partial charge on any atom is -0.372 e. The Morgan fingerprint density at radius 2 is 2.44 bits per heavy atom. The Morgan fingerprint density at radius 3 is 3.06 bits per heavy atom. The summed E-state index contributed by atoms with van der Waals surface area (Å²) >= 11 is 0. The molecule has 0 amide bonds. The predicted molar refractivity (Wildman–Crippen MR) is 59.7 cm³/mol. The molecule has 1 aromatic rings. The molecule has 0 saturated heterocycles. The van der Waals surface area contributed by atoms with E-state index in [1.165, 1.54) is 12.8 Å². The molecule has 0 atom stereocenters. The second-order valence-corrected chi connectivity index (χ2v) is 4.25. The van der Waals surface area contributed by atoms with Gasteiger partial charge in [0.1, 0.15) is 6.61 Å². The van der Waals surface area contributed by atoms with Gasteiger partial charge in [0.2, 0.25) is 0 Å². The van der Waals surface area contributed by atoms with Gasteiger partial charge in [-0.1, -0.05) is 5.16 Å². The molecule has 1 heterocycles. The number of aromatic nitrogens is 1. The highest BCUT2D eigenvalue weighted by molar-refractivity contribution is 5.03. The van der Waals surface area contributed by atoms with Gasteiger partial charge in [-0.25, -0.2) is 0 Å². The third-order valence-corrected chi connectivity index (χ3v) is 2.82. The molecule has 0 unspecified atom stereocenters. The van der Waals surface area contributed by atoms with Crippen molar-refractivity contribution in [1.82, 2.24) is 10.1 Å². The van der Waals surface area contributed by atoms with E-state index < -0.39 is 0 Å². The van der Waals surface area contributed by atoms with Crippen LogP contribution in [0.25, 0.3) is 0 Å². The molecule has 90 valence electrons. The molecule has 2 rings (SSSR count). The maximum absolute atomic E-state index is 5.51. The van der Waals surface area contributed by atoms with Crippen molar-refractivity contribution in [1.29, 1.82) is 0 Å². The fourth-order valence-corrected chi connectivity index (χ4v) is 1.60. The standard InChI is InChI=1S/C11H19N3O2/c1-14(10-2-3-10)4-5-15-8-11-6-9(7-12)13-16-11/h6,10H,2-5,7-8,12H2,1H3. The third kappa shape index (κ3) is 3.30. The Morgan fingerprint density at radius 1 is 1.62 bits per heavy atom. The summed E-state index contributed by atoms with van der Waals surface area (Å²) in [6.07, 6.45) is 2.66. The van der Waals surface area contributed by atoms with E-state index >= 15 is 0 Å². The molecule has 1 fully saturated rings. The first-order valence-corrected chi connectivity index (χ1v) is 5.72. The quantitative estimate of drug-likeness (QED) is 0.693. The number of hydrogen-bond donors (Lipinski definition) is 1. The lowest BCUT2D eigenvalue weighted by molar-refractivity contribution is 0.0825. The Labute approximate surface area is 95.5 Å². The van der Waals surface area contributed by atoms with Crippen molar-refractivity contribution in [2.24, 2.45) is 5.73 Å². The second kappa shape index (κ2) is 5.43. The van der Waals surface area contributed by atoms with Crippen LogP contribution in [0.1, 0.15) is 24.3 Å². The van der Waals surface area contributed by atoms with Gasteiger partial charge in [0.25, 0.3) is 0 Å². The Hall–Kier alpha value is -0.910. The maximum atomic E-state index is 5.51.